The fourth-order valence-electron chi connectivity index (χ4n) is 4.21. The lowest BCUT2D eigenvalue weighted by Gasteiger charge is -2.06. The molecule has 1 amide bonds. The number of aryl methyl sites for hydroxylation is 1. The van der Waals surface area contributed by atoms with Gasteiger partial charge in [-0.3, -0.25) is 9.59 Å². The predicted molar refractivity (Wildman–Crippen MR) is 142 cm³/mol. The van der Waals surface area contributed by atoms with Crippen LogP contribution < -0.4 is 5.32 Å². The summed E-state index contributed by atoms with van der Waals surface area (Å²) < 4.78 is 16.2. The Bertz CT molecular complexity index is 1150. The van der Waals surface area contributed by atoms with Crippen LogP contribution in [0.15, 0.2) is 29.4 Å². The number of amides is 1. The number of rotatable bonds is 17. The molecule has 1 aromatic carbocycles. The summed E-state index contributed by atoms with van der Waals surface area (Å²) in [4.78, 5) is 30.9. The topological polar surface area (TPSA) is 138 Å². The number of carbonyl (C=O) groups is 2. The van der Waals surface area contributed by atoms with Gasteiger partial charge in [0, 0.05) is 53.5 Å². The number of para-hydroxylation sites is 1. The minimum atomic E-state index is -0.105. The SMILES string of the molecule is Cc1[nH]c(/C=C2/C(=O)Nc3ccccc32)c(C)c1CCC(=O)CCCOCCOCCOCCN=[N+]=[N-]. The second-order valence-corrected chi connectivity index (χ2v) is 8.76. The van der Waals surface area contributed by atoms with Crippen molar-refractivity contribution < 1.29 is 23.8 Å². The average molecular weight is 510 g/mol. The van der Waals surface area contributed by atoms with Crippen LogP contribution in [0.5, 0.6) is 0 Å². The highest BCUT2D eigenvalue weighted by molar-refractivity contribution is 6.34. The maximum atomic E-state index is 12.4. The molecule has 0 saturated heterocycles. The molecule has 2 aromatic rings. The number of Topliss-reactive ketones (excluding diaryl/α,β-unsaturated/α-hetero) is 1. The summed E-state index contributed by atoms with van der Waals surface area (Å²) >= 11 is 0. The van der Waals surface area contributed by atoms with Gasteiger partial charge in [-0.2, -0.15) is 0 Å². The second-order valence-electron chi connectivity index (χ2n) is 8.76. The summed E-state index contributed by atoms with van der Waals surface area (Å²) in [6, 6.07) is 7.66. The van der Waals surface area contributed by atoms with Crippen molar-refractivity contribution in [3.8, 4) is 0 Å². The van der Waals surface area contributed by atoms with Crippen molar-refractivity contribution in [1.82, 2.24) is 4.98 Å². The van der Waals surface area contributed by atoms with Gasteiger partial charge in [0.05, 0.1) is 38.6 Å². The summed E-state index contributed by atoms with van der Waals surface area (Å²) in [5.41, 5.74) is 14.6. The average Bonchev–Trinajstić information content (AvgIpc) is 3.35. The third-order valence-corrected chi connectivity index (χ3v) is 6.17. The van der Waals surface area contributed by atoms with E-state index in [-0.39, 0.29) is 11.7 Å². The van der Waals surface area contributed by atoms with Gasteiger partial charge in [-0.25, -0.2) is 0 Å². The number of aromatic amines is 1. The molecule has 10 heteroatoms. The third-order valence-electron chi connectivity index (χ3n) is 6.17. The number of hydrogen-bond donors (Lipinski definition) is 2. The van der Waals surface area contributed by atoms with Crippen molar-refractivity contribution in [2.75, 3.05) is 51.5 Å². The molecule has 1 aliphatic heterocycles. The zero-order valence-corrected chi connectivity index (χ0v) is 21.5. The summed E-state index contributed by atoms with van der Waals surface area (Å²) in [6.45, 7) is 7.07. The van der Waals surface area contributed by atoms with Crippen molar-refractivity contribution >= 4 is 29.0 Å². The van der Waals surface area contributed by atoms with Crippen LogP contribution in [-0.2, 0) is 30.2 Å². The lowest BCUT2D eigenvalue weighted by Crippen LogP contribution is -2.11. The molecule has 0 aliphatic carbocycles. The van der Waals surface area contributed by atoms with Gasteiger partial charge < -0.3 is 24.5 Å². The molecule has 1 aromatic heterocycles. The molecule has 0 saturated carbocycles. The highest BCUT2D eigenvalue weighted by atomic mass is 16.5. The Kier molecular flexibility index (Phi) is 11.4. The van der Waals surface area contributed by atoms with Gasteiger partial charge in [-0.1, -0.05) is 23.3 Å². The first-order valence-corrected chi connectivity index (χ1v) is 12.6. The van der Waals surface area contributed by atoms with E-state index in [1.807, 2.05) is 44.2 Å². The zero-order valence-electron chi connectivity index (χ0n) is 21.5. The standard InChI is InChI=1S/C27H35N5O5/c1-19-22(20(2)30-26(19)18-24-23-7-3-4-8-25(23)31-27(24)34)10-9-21(33)6-5-12-35-14-16-37-17-15-36-13-11-29-32-28/h3-4,7-8,18,30H,5-6,9-17H2,1-2H3,(H,31,34)/b24-18+. The molecule has 10 nitrogen and oxygen atoms in total. The van der Waals surface area contributed by atoms with E-state index in [1.165, 1.54) is 0 Å². The van der Waals surface area contributed by atoms with Crippen molar-refractivity contribution in [2.24, 2.45) is 5.11 Å². The van der Waals surface area contributed by atoms with Crippen LogP contribution in [0, 0.1) is 13.8 Å². The van der Waals surface area contributed by atoms with E-state index in [4.69, 9.17) is 19.7 Å². The number of fused-ring (bicyclic) bond motifs is 1. The summed E-state index contributed by atoms with van der Waals surface area (Å²) in [6.07, 6.45) is 4.20. The molecular formula is C27H35N5O5. The lowest BCUT2D eigenvalue weighted by molar-refractivity contribution is -0.119. The van der Waals surface area contributed by atoms with Gasteiger partial charge >= 0.3 is 0 Å². The Balaban J connectivity index is 1.33. The van der Waals surface area contributed by atoms with Crippen molar-refractivity contribution in [3.63, 3.8) is 0 Å². The quantitative estimate of drug-likeness (QED) is 0.104. The number of ketones is 1. The van der Waals surface area contributed by atoms with Crippen molar-refractivity contribution in [3.05, 3.63) is 62.8 Å². The Hall–Kier alpha value is -3.43. The van der Waals surface area contributed by atoms with Gasteiger partial charge in [0.15, 0.2) is 0 Å². The van der Waals surface area contributed by atoms with E-state index < -0.39 is 0 Å². The van der Waals surface area contributed by atoms with Gasteiger partial charge in [-0.05, 0) is 55.5 Å². The molecule has 0 fully saturated rings. The minimum Gasteiger partial charge on any atom is -0.379 e. The molecular weight excluding hydrogens is 474 g/mol. The van der Waals surface area contributed by atoms with Crippen LogP contribution in [0.3, 0.4) is 0 Å². The summed E-state index contributed by atoms with van der Waals surface area (Å²) in [5.74, 6) is 0.105. The van der Waals surface area contributed by atoms with Gasteiger partial charge in [0.1, 0.15) is 5.78 Å². The zero-order chi connectivity index (χ0) is 26.5. The molecule has 3 rings (SSSR count). The summed E-state index contributed by atoms with van der Waals surface area (Å²) in [5, 5.41) is 6.28. The highest BCUT2D eigenvalue weighted by Gasteiger charge is 2.24. The smallest absolute Gasteiger partial charge is 0.256 e. The first kappa shape index (κ1) is 28.1. The molecule has 37 heavy (non-hydrogen) atoms. The molecule has 0 radical (unpaired) electrons. The molecule has 198 valence electrons. The van der Waals surface area contributed by atoms with Gasteiger partial charge in [0.2, 0.25) is 0 Å². The maximum absolute atomic E-state index is 12.4. The Morgan fingerprint density at radius 3 is 2.49 bits per heavy atom. The molecule has 0 spiro atoms. The van der Waals surface area contributed by atoms with Crippen LogP contribution in [0.25, 0.3) is 22.1 Å². The highest BCUT2D eigenvalue weighted by Crippen LogP contribution is 2.33. The van der Waals surface area contributed by atoms with Crippen molar-refractivity contribution in [2.45, 2.75) is 39.5 Å². The van der Waals surface area contributed by atoms with Crippen LogP contribution in [-0.4, -0.2) is 62.9 Å². The monoisotopic (exact) mass is 509 g/mol. The number of anilines is 1. The summed E-state index contributed by atoms with van der Waals surface area (Å²) in [7, 11) is 0. The first-order valence-electron chi connectivity index (χ1n) is 12.6. The van der Waals surface area contributed by atoms with Crippen LogP contribution in [0.1, 0.15) is 47.3 Å². The predicted octanol–water partition coefficient (Wildman–Crippen LogP) is 4.77. The van der Waals surface area contributed by atoms with Crippen LogP contribution >= 0.6 is 0 Å². The largest absolute Gasteiger partial charge is 0.379 e. The second kappa shape index (κ2) is 15.0. The van der Waals surface area contributed by atoms with E-state index in [9.17, 15) is 9.59 Å². The minimum absolute atomic E-state index is 0.105. The lowest BCUT2D eigenvalue weighted by atomic mass is 10.00. The number of azide groups is 1. The van der Waals surface area contributed by atoms with E-state index in [0.717, 1.165) is 33.8 Å². The molecule has 2 N–H and O–H groups in total. The number of hydrogen-bond acceptors (Lipinski definition) is 6. The van der Waals surface area contributed by atoms with Gasteiger partial charge in [0.25, 0.3) is 5.91 Å². The Labute approximate surface area is 217 Å². The number of ether oxygens (including phenoxy) is 3. The first-order chi connectivity index (χ1) is 18.0. The van der Waals surface area contributed by atoms with E-state index >= 15 is 0 Å². The van der Waals surface area contributed by atoms with E-state index in [0.29, 0.717) is 77.4 Å². The number of aromatic nitrogens is 1. The fraction of sp³-hybridized carbons (Fsp3) is 0.481. The molecule has 0 atom stereocenters. The van der Waals surface area contributed by atoms with E-state index in [2.05, 4.69) is 20.3 Å². The van der Waals surface area contributed by atoms with Crippen LogP contribution in [0.4, 0.5) is 5.69 Å². The molecule has 1 aliphatic rings. The number of nitrogens with zero attached hydrogens (tertiary/aromatic N) is 3. The molecule has 2 heterocycles. The number of H-pyrrole nitrogens is 1. The third kappa shape index (κ3) is 8.58. The maximum Gasteiger partial charge on any atom is 0.256 e. The normalized spacial score (nSPS) is 13.5. The Morgan fingerprint density at radius 2 is 1.73 bits per heavy atom. The van der Waals surface area contributed by atoms with Gasteiger partial charge in [-0.15, -0.1) is 0 Å². The fourth-order valence-corrected chi connectivity index (χ4v) is 4.21. The Morgan fingerprint density at radius 1 is 1.03 bits per heavy atom. The van der Waals surface area contributed by atoms with Crippen LogP contribution in [0.2, 0.25) is 0 Å². The van der Waals surface area contributed by atoms with Crippen molar-refractivity contribution in [1.29, 1.82) is 0 Å². The molecule has 0 unspecified atom stereocenters. The molecule has 0 bridgehead atoms. The number of carbonyl (C=O) groups excluding carboxylic acids is 2. The number of nitrogens with one attached hydrogen (secondary N) is 2. The number of benzene rings is 1. The van der Waals surface area contributed by atoms with E-state index in [1.54, 1.807) is 0 Å².